The Labute approximate surface area is 85.8 Å². The van der Waals surface area contributed by atoms with Crippen molar-refractivity contribution in [3.8, 4) is 0 Å². The standard InChI is InChI=1S/C10H20N2O2/c1-4-12(3)10(13)14-9-5-7-11(2)8-6-9/h9H,4-8H2,1-3H3. The molecule has 4 heteroatoms. The van der Waals surface area contributed by atoms with Crippen LogP contribution >= 0.6 is 0 Å². The zero-order chi connectivity index (χ0) is 10.6. The fraction of sp³-hybridized carbons (Fsp3) is 0.900. The van der Waals surface area contributed by atoms with Gasteiger partial charge in [-0.15, -0.1) is 0 Å². The molecule has 0 N–H and O–H groups in total. The van der Waals surface area contributed by atoms with E-state index in [0.29, 0.717) is 6.54 Å². The molecule has 0 aromatic carbocycles. The van der Waals surface area contributed by atoms with Crippen LogP contribution in [0, 0.1) is 0 Å². The highest BCUT2D eigenvalue weighted by Crippen LogP contribution is 2.12. The highest BCUT2D eigenvalue weighted by atomic mass is 16.6. The summed E-state index contributed by atoms with van der Waals surface area (Å²) in [6.45, 7) is 4.68. The quantitative estimate of drug-likeness (QED) is 0.670. The molecular formula is C10H20N2O2. The summed E-state index contributed by atoms with van der Waals surface area (Å²) in [7, 11) is 3.85. The SMILES string of the molecule is CCN(C)C(=O)OC1CCN(C)CC1. The topological polar surface area (TPSA) is 32.8 Å². The zero-order valence-electron chi connectivity index (χ0n) is 9.32. The van der Waals surface area contributed by atoms with Gasteiger partial charge in [0, 0.05) is 26.7 Å². The van der Waals surface area contributed by atoms with Crippen molar-refractivity contribution in [3.05, 3.63) is 0 Å². The van der Waals surface area contributed by atoms with E-state index in [1.165, 1.54) is 0 Å². The summed E-state index contributed by atoms with van der Waals surface area (Å²) in [5, 5.41) is 0. The Balaban J connectivity index is 2.27. The van der Waals surface area contributed by atoms with Gasteiger partial charge in [-0.3, -0.25) is 0 Å². The lowest BCUT2D eigenvalue weighted by atomic mass is 10.1. The predicted octanol–water partition coefficient (Wildman–Crippen LogP) is 1.17. The minimum absolute atomic E-state index is 0.118. The second-order valence-electron chi connectivity index (χ2n) is 3.90. The molecule has 1 amide bonds. The van der Waals surface area contributed by atoms with E-state index >= 15 is 0 Å². The summed E-state index contributed by atoms with van der Waals surface area (Å²) in [5.41, 5.74) is 0. The van der Waals surface area contributed by atoms with Crippen molar-refractivity contribution in [2.45, 2.75) is 25.9 Å². The molecule has 1 saturated heterocycles. The Hall–Kier alpha value is -0.770. The Morgan fingerprint density at radius 1 is 1.50 bits per heavy atom. The van der Waals surface area contributed by atoms with Crippen molar-refractivity contribution in [2.24, 2.45) is 0 Å². The lowest BCUT2D eigenvalue weighted by Crippen LogP contribution is -2.38. The first-order valence-electron chi connectivity index (χ1n) is 5.23. The van der Waals surface area contributed by atoms with Gasteiger partial charge in [0.15, 0.2) is 0 Å². The number of amides is 1. The van der Waals surface area contributed by atoms with Gasteiger partial charge in [0.05, 0.1) is 0 Å². The van der Waals surface area contributed by atoms with E-state index in [-0.39, 0.29) is 12.2 Å². The number of carbonyl (C=O) groups is 1. The Morgan fingerprint density at radius 3 is 2.57 bits per heavy atom. The van der Waals surface area contributed by atoms with Crippen LogP contribution in [-0.4, -0.2) is 55.7 Å². The highest BCUT2D eigenvalue weighted by Gasteiger charge is 2.21. The summed E-state index contributed by atoms with van der Waals surface area (Å²) in [6.07, 6.45) is 1.84. The first kappa shape index (κ1) is 11.3. The third kappa shape index (κ3) is 3.18. The van der Waals surface area contributed by atoms with Crippen LogP contribution in [0.1, 0.15) is 19.8 Å². The van der Waals surface area contributed by atoms with Crippen LogP contribution in [0.15, 0.2) is 0 Å². The molecule has 0 bridgehead atoms. The first-order valence-corrected chi connectivity index (χ1v) is 5.23. The number of rotatable bonds is 2. The number of hydrogen-bond acceptors (Lipinski definition) is 3. The first-order chi connectivity index (χ1) is 6.63. The van der Waals surface area contributed by atoms with Crippen molar-refractivity contribution in [2.75, 3.05) is 33.7 Å². The molecular weight excluding hydrogens is 180 g/mol. The number of hydrogen-bond donors (Lipinski definition) is 0. The zero-order valence-corrected chi connectivity index (χ0v) is 9.32. The second-order valence-corrected chi connectivity index (χ2v) is 3.90. The van der Waals surface area contributed by atoms with E-state index in [1.807, 2.05) is 6.92 Å². The molecule has 0 unspecified atom stereocenters. The smallest absolute Gasteiger partial charge is 0.409 e. The van der Waals surface area contributed by atoms with Gasteiger partial charge in [-0.05, 0) is 26.8 Å². The van der Waals surface area contributed by atoms with Gasteiger partial charge in [0.2, 0.25) is 0 Å². The van der Waals surface area contributed by atoms with Crippen LogP contribution in [0.4, 0.5) is 4.79 Å². The fourth-order valence-corrected chi connectivity index (χ4v) is 1.46. The summed E-state index contributed by atoms with van der Waals surface area (Å²) in [4.78, 5) is 15.3. The number of carbonyl (C=O) groups excluding carboxylic acids is 1. The van der Waals surface area contributed by atoms with E-state index in [1.54, 1.807) is 11.9 Å². The van der Waals surface area contributed by atoms with Crippen molar-refractivity contribution >= 4 is 6.09 Å². The average Bonchev–Trinajstić information content (AvgIpc) is 2.20. The van der Waals surface area contributed by atoms with Crippen molar-refractivity contribution < 1.29 is 9.53 Å². The average molecular weight is 200 g/mol. The normalized spacial score (nSPS) is 19.4. The molecule has 4 nitrogen and oxygen atoms in total. The largest absolute Gasteiger partial charge is 0.446 e. The minimum Gasteiger partial charge on any atom is -0.446 e. The maximum absolute atomic E-state index is 11.4. The van der Waals surface area contributed by atoms with Gasteiger partial charge in [-0.1, -0.05) is 0 Å². The van der Waals surface area contributed by atoms with Crippen molar-refractivity contribution in [1.82, 2.24) is 9.80 Å². The fourth-order valence-electron chi connectivity index (χ4n) is 1.46. The molecule has 0 aromatic heterocycles. The summed E-state index contributed by atoms with van der Waals surface area (Å²) < 4.78 is 5.35. The molecule has 1 aliphatic rings. The summed E-state index contributed by atoms with van der Waals surface area (Å²) in [5.74, 6) is 0. The van der Waals surface area contributed by atoms with E-state index < -0.39 is 0 Å². The molecule has 14 heavy (non-hydrogen) atoms. The maximum atomic E-state index is 11.4. The molecule has 0 atom stereocenters. The van der Waals surface area contributed by atoms with Gasteiger partial charge >= 0.3 is 6.09 Å². The summed E-state index contributed by atoms with van der Waals surface area (Å²) >= 11 is 0. The molecule has 82 valence electrons. The van der Waals surface area contributed by atoms with E-state index in [4.69, 9.17) is 4.74 Å². The van der Waals surface area contributed by atoms with Gasteiger partial charge in [-0.25, -0.2) is 4.79 Å². The molecule has 1 aliphatic heterocycles. The predicted molar refractivity (Wildman–Crippen MR) is 55.3 cm³/mol. The van der Waals surface area contributed by atoms with E-state index in [0.717, 1.165) is 25.9 Å². The lowest BCUT2D eigenvalue weighted by molar-refractivity contribution is 0.0382. The Kier molecular flexibility index (Phi) is 4.20. The van der Waals surface area contributed by atoms with Crippen LogP contribution in [0.2, 0.25) is 0 Å². The number of ether oxygens (including phenoxy) is 1. The lowest BCUT2D eigenvalue weighted by Gasteiger charge is -2.29. The molecule has 0 radical (unpaired) electrons. The number of likely N-dealkylation sites (tertiary alicyclic amines) is 1. The third-order valence-corrected chi connectivity index (χ3v) is 2.72. The highest BCUT2D eigenvalue weighted by molar-refractivity contribution is 5.67. The summed E-state index contributed by atoms with van der Waals surface area (Å²) in [6, 6.07) is 0. The van der Waals surface area contributed by atoms with Gasteiger partial charge in [0.25, 0.3) is 0 Å². The Morgan fingerprint density at radius 2 is 2.07 bits per heavy atom. The van der Waals surface area contributed by atoms with Gasteiger partial charge in [0.1, 0.15) is 6.10 Å². The van der Waals surface area contributed by atoms with E-state index in [9.17, 15) is 4.79 Å². The van der Waals surface area contributed by atoms with Crippen molar-refractivity contribution in [1.29, 1.82) is 0 Å². The molecule has 0 saturated carbocycles. The number of nitrogens with zero attached hydrogens (tertiary/aromatic N) is 2. The molecule has 0 spiro atoms. The third-order valence-electron chi connectivity index (χ3n) is 2.72. The van der Waals surface area contributed by atoms with Gasteiger partial charge in [-0.2, -0.15) is 0 Å². The second kappa shape index (κ2) is 5.20. The van der Waals surface area contributed by atoms with Crippen LogP contribution in [-0.2, 0) is 4.74 Å². The molecule has 1 heterocycles. The van der Waals surface area contributed by atoms with E-state index in [2.05, 4.69) is 11.9 Å². The van der Waals surface area contributed by atoms with Crippen LogP contribution in [0.25, 0.3) is 0 Å². The Bertz CT molecular complexity index is 189. The van der Waals surface area contributed by atoms with Crippen LogP contribution in [0.3, 0.4) is 0 Å². The molecule has 1 fully saturated rings. The maximum Gasteiger partial charge on any atom is 0.409 e. The molecule has 0 aromatic rings. The van der Waals surface area contributed by atoms with Crippen LogP contribution in [0.5, 0.6) is 0 Å². The van der Waals surface area contributed by atoms with Gasteiger partial charge < -0.3 is 14.5 Å². The monoisotopic (exact) mass is 200 g/mol. The number of piperidine rings is 1. The minimum atomic E-state index is -0.193. The molecule has 1 rings (SSSR count). The van der Waals surface area contributed by atoms with Crippen molar-refractivity contribution in [3.63, 3.8) is 0 Å². The molecule has 0 aliphatic carbocycles. The van der Waals surface area contributed by atoms with Crippen LogP contribution < -0.4 is 0 Å².